The van der Waals surface area contributed by atoms with Crippen LogP contribution in [0.1, 0.15) is 11.1 Å². The summed E-state index contributed by atoms with van der Waals surface area (Å²) in [6, 6.07) is 14.5. The van der Waals surface area contributed by atoms with E-state index in [0.717, 1.165) is 5.69 Å². The highest BCUT2D eigenvalue weighted by molar-refractivity contribution is 5.85. The van der Waals surface area contributed by atoms with Crippen molar-refractivity contribution in [2.24, 2.45) is 0 Å². The molecule has 2 heteroatoms. The van der Waals surface area contributed by atoms with E-state index in [1.165, 1.54) is 22.3 Å². The Bertz CT molecular complexity index is 472. The molecule has 0 spiro atoms. The molecule has 2 aromatic carbocycles. The van der Waals surface area contributed by atoms with Gasteiger partial charge in [0.25, 0.3) is 0 Å². The van der Waals surface area contributed by atoms with Gasteiger partial charge in [0.05, 0.1) is 0 Å². The van der Waals surface area contributed by atoms with Crippen LogP contribution in [0.25, 0.3) is 11.1 Å². The Morgan fingerprint density at radius 1 is 0.938 bits per heavy atom. The summed E-state index contributed by atoms with van der Waals surface area (Å²) in [5.41, 5.74) is 11.6. The van der Waals surface area contributed by atoms with Gasteiger partial charge in [-0.2, -0.15) is 0 Å². The first-order chi connectivity index (χ1) is 7.16. The molecule has 0 aromatic heterocycles. The van der Waals surface area contributed by atoms with Crippen LogP contribution >= 0.6 is 12.4 Å². The van der Waals surface area contributed by atoms with Gasteiger partial charge in [-0.3, -0.25) is 0 Å². The molecular weight excluding hydrogens is 218 g/mol. The minimum absolute atomic E-state index is 0. The molecule has 0 atom stereocenters. The molecular formula is C14H16ClN. The van der Waals surface area contributed by atoms with Crippen LogP contribution in [-0.2, 0) is 0 Å². The fraction of sp³-hybridized carbons (Fsp3) is 0.143. The molecule has 0 heterocycles. The number of nitrogen functional groups attached to an aromatic ring is 1. The van der Waals surface area contributed by atoms with Crippen molar-refractivity contribution < 1.29 is 0 Å². The van der Waals surface area contributed by atoms with Crippen LogP contribution in [0.2, 0.25) is 0 Å². The Morgan fingerprint density at radius 2 is 1.62 bits per heavy atom. The van der Waals surface area contributed by atoms with Crippen LogP contribution < -0.4 is 5.73 Å². The molecule has 0 amide bonds. The standard InChI is InChI=1S/C14H15N.ClH/c1-10-7-12(9-13(15)8-10)14-6-4-3-5-11(14)2;/h3-9H,15H2,1-2H3;1H. The maximum absolute atomic E-state index is 5.85. The summed E-state index contributed by atoms with van der Waals surface area (Å²) in [5, 5.41) is 0. The van der Waals surface area contributed by atoms with Crippen molar-refractivity contribution in [2.45, 2.75) is 13.8 Å². The summed E-state index contributed by atoms with van der Waals surface area (Å²) >= 11 is 0. The number of aryl methyl sites for hydroxylation is 2. The fourth-order valence-corrected chi connectivity index (χ4v) is 1.87. The van der Waals surface area contributed by atoms with Crippen LogP contribution in [0.15, 0.2) is 42.5 Å². The molecule has 16 heavy (non-hydrogen) atoms. The first kappa shape index (κ1) is 12.6. The number of rotatable bonds is 1. The van der Waals surface area contributed by atoms with Gasteiger partial charge < -0.3 is 5.73 Å². The Kier molecular flexibility index (Phi) is 3.97. The van der Waals surface area contributed by atoms with E-state index in [-0.39, 0.29) is 12.4 Å². The second-order valence-electron chi connectivity index (χ2n) is 3.95. The summed E-state index contributed by atoms with van der Waals surface area (Å²) in [5.74, 6) is 0. The van der Waals surface area contributed by atoms with Gasteiger partial charge in [-0.05, 0) is 48.2 Å². The minimum atomic E-state index is 0. The number of anilines is 1. The molecule has 0 aliphatic rings. The number of hydrogen-bond acceptors (Lipinski definition) is 1. The molecule has 0 saturated carbocycles. The minimum Gasteiger partial charge on any atom is -0.399 e. The lowest BCUT2D eigenvalue weighted by Crippen LogP contribution is -1.89. The van der Waals surface area contributed by atoms with E-state index in [4.69, 9.17) is 5.73 Å². The Hall–Kier alpha value is -1.47. The largest absolute Gasteiger partial charge is 0.399 e. The first-order valence-corrected chi connectivity index (χ1v) is 5.10. The Balaban J connectivity index is 0.00000128. The van der Waals surface area contributed by atoms with Crippen molar-refractivity contribution >= 4 is 18.1 Å². The Labute approximate surface area is 103 Å². The van der Waals surface area contributed by atoms with E-state index in [0.29, 0.717) is 0 Å². The molecule has 0 radical (unpaired) electrons. The monoisotopic (exact) mass is 233 g/mol. The summed E-state index contributed by atoms with van der Waals surface area (Å²) in [7, 11) is 0. The highest BCUT2D eigenvalue weighted by Gasteiger charge is 2.01. The van der Waals surface area contributed by atoms with Gasteiger partial charge in [0.15, 0.2) is 0 Å². The normalized spacial score (nSPS) is 9.62. The number of halogens is 1. The van der Waals surface area contributed by atoms with Crippen molar-refractivity contribution in [1.29, 1.82) is 0 Å². The van der Waals surface area contributed by atoms with Gasteiger partial charge in [-0.25, -0.2) is 0 Å². The van der Waals surface area contributed by atoms with E-state index in [1.54, 1.807) is 0 Å². The first-order valence-electron chi connectivity index (χ1n) is 5.10. The molecule has 0 fully saturated rings. The predicted octanol–water partition coefficient (Wildman–Crippen LogP) is 3.97. The van der Waals surface area contributed by atoms with Gasteiger partial charge in [0, 0.05) is 5.69 Å². The third kappa shape index (κ3) is 2.56. The van der Waals surface area contributed by atoms with E-state index in [1.807, 2.05) is 12.1 Å². The van der Waals surface area contributed by atoms with Gasteiger partial charge in [-0.1, -0.05) is 30.3 Å². The van der Waals surface area contributed by atoms with Crippen molar-refractivity contribution in [3.05, 3.63) is 53.6 Å². The highest BCUT2D eigenvalue weighted by atomic mass is 35.5. The van der Waals surface area contributed by atoms with Crippen molar-refractivity contribution in [2.75, 3.05) is 5.73 Å². The smallest absolute Gasteiger partial charge is 0.0322 e. The molecule has 84 valence electrons. The topological polar surface area (TPSA) is 26.0 Å². The zero-order chi connectivity index (χ0) is 10.8. The van der Waals surface area contributed by atoms with Crippen molar-refractivity contribution in [3.8, 4) is 11.1 Å². The second kappa shape index (κ2) is 5.04. The second-order valence-corrected chi connectivity index (χ2v) is 3.95. The fourth-order valence-electron chi connectivity index (χ4n) is 1.87. The molecule has 1 nitrogen and oxygen atoms in total. The third-order valence-corrected chi connectivity index (χ3v) is 2.56. The lowest BCUT2D eigenvalue weighted by atomic mass is 9.99. The molecule has 0 bridgehead atoms. The van der Waals surface area contributed by atoms with Crippen LogP contribution in [0.5, 0.6) is 0 Å². The maximum atomic E-state index is 5.85. The van der Waals surface area contributed by atoms with Gasteiger partial charge >= 0.3 is 0 Å². The SMILES string of the molecule is Cc1cc(N)cc(-c2ccccc2C)c1.Cl. The van der Waals surface area contributed by atoms with Gasteiger partial charge in [-0.15, -0.1) is 12.4 Å². The zero-order valence-corrected chi connectivity index (χ0v) is 10.3. The highest BCUT2D eigenvalue weighted by Crippen LogP contribution is 2.25. The zero-order valence-electron chi connectivity index (χ0n) is 9.53. The third-order valence-electron chi connectivity index (χ3n) is 2.56. The van der Waals surface area contributed by atoms with Gasteiger partial charge in [0.2, 0.25) is 0 Å². The van der Waals surface area contributed by atoms with Crippen molar-refractivity contribution in [3.63, 3.8) is 0 Å². The Morgan fingerprint density at radius 3 is 2.25 bits per heavy atom. The van der Waals surface area contributed by atoms with Crippen molar-refractivity contribution in [1.82, 2.24) is 0 Å². The quantitative estimate of drug-likeness (QED) is 0.741. The van der Waals surface area contributed by atoms with E-state index in [2.05, 4.69) is 44.2 Å². The summed E-state index contributed by atoms with van der Waals surface area (Å²) in [4.78, 5) is 0. The molecule has 2 rings (SSSR count). The number of nitrogens with two attached hydrogens (primary N) is 1. The summed E-state index contributed by atoms with van der Waals surface area (Å²) in [6.07, 6.45) is 0. The maximum Gasteiger partial charge on any atom is 0.0322 e. The molecule has 0 unspecified atom stereocenters. The number of hydrogen-bond donors (Lipinski definition) is 1. The molecule has 0 aliphatic carbocycles. The van der Waals surface area contributed by atoms with E-state index >= 15 is 0 Å². The lowest BCUT2D eigenvalue weighted by molar-refractivity contribution is 1.43. The number of benzene rings is 2. The average Bonchev–Trinajstić information content (AvgIpc) is 2.16. The van der Waals surface area contributed by atoms with Crippen LogP contribution in [-0.4, -0.2) is 0 Å². The van der Waals surface area contributed by atoms with Crippen LogP contribution in [0.3, 0.4) is 0 Å². The lowest BCUT2D eigenvalue weighted by Gasteiger charge is -2.07. The molecule has 0 saturated heterocycles. The molecule has 2 N–H and O–H groups in total. The average molecular weight is 234 g/mol. The molecule has 0 aliphatic heterocycles. The predicted molar refractivity (Wildman–Crippen MR) is 73.0 cm³/mol. The summed E-state index contributed by atoms with van der Waals surface area (Å²) in [6.45, 7) is 4.19. The summed E-state index contributed by atoms with van der Waals surface area (Å²) < 4.78 is 0. The van der Waals surface area contributed by atoms with E-state index in [9.17, 15) is 0 Å². The van der Waals surface area contributed by atoms with E-state index < -0.39 is 0 Å². The molecule has 2 aromatic rings. The van der Waals surface area contributed by atoms with Crippen LogP contribution in [0.4, 0.5) is 5.69 Å². The van der Waals surface area contributed by atoms with Gasteiger partial charge in [0.1, 0.15) is 0 Å². The van der Waals surface area contributed by atoms with Crippen LogP contribution in [0, 0.1) is 13.8 Å².